The highest BCUT2D eigenvalue weighted by atomic mass is 16.3. The summed E-state index contributed by atoms with van der Waals surface area (Å²) in [6.45, 7) is 1.93. The van der Waals surface area contributed by atoms with Crippen LogP contribution in [0.5, 0.6) is 0 Å². The van der Waals surface area contributed by atoms with Crippen LogP contribution in [-0.2, 0) is 0 Å². The van der Waals surface area contributed by atoms with Gasteiger partial charge >= 0.3 is 0 Å². The fourth-order valence-corrected chi connectivity index (χ4v) is 2.33. The van der Waals surface area contributed by atoms with Gasteiger partial charge in [0.25, 0.3) is 0 Å². The first-order valence-electron chi connectivity index (χ1n) is 6.37. The molecule has 0 fully saturated rings. The number of benzene rings is 1. The predicted molar refractivity (Wildman–Crippen MR) is 77.2 cm³/mol. The van der Waals surface area contributed by atoms with Gasteiger partial charge in [0.2, 0.25) is 0 Å². The number of aromatic nitrogens is 2. The summed E-state index contributed by atoms with van der Waals surface area (Å²) >= 11 is 0. The summed E-state index contributed by atoms with van der Waals surface area (Å²) in [5.41, 5.74) is 4.05. The summed E-state index contributed by atoms with van der Waals surface area (Å²) in [5, 5.41) is 0.946. The molecule has 0 saturated heterocycles. The minimum Gasteiger partial charge on any atom is -0.443 e. The smallest absolute Gasteiger partial charge is 0.187 e. The monoisotopic (exact) mass is 258 g/mol. The van der Waals surface area contributed by atoms with Crippen molar-refractivity contribution in [2.75, 3.05) is 0 Å². The molecule has 0 radical (unpaired) electrons. The molecule has 0 saturated carbocycles. The van der Waals surface area contributed by atoms with E-state index in [1.165, 1.54) is 0 Å². The second-order valence-corrected chi connectivity index (χ2v) is 4.62. The first-order chi connectivity index (χ1) is 9.83. The largest absolute Gasteiger partial charge is 0.443 e. The van der Waals surface area contributed by atoms with E-state index in [9.17, 15) is 0 Å². The van der Waals surface area contributed by atoms with Gasteiger partial charge in [0.15, 0.2) is 17.0 Å². The lowest BCUT2D eigenvalue weighted by atomic mass is 10.2. The van der Waals surface area contributed by atoms with Gasteiger partial charge in [0.05, 0.1) is 11.1 Å². The zero-order valence-electron chi connectivity index (χ0n) is 10.8. The number of hydrogen-bond donors (Lipinski definition) is 0. The average Bonchev–Trinajstić information content (AvgIpc) is 2.88. The van der Waals surface area contributed by atoms with Gasteiger partial charge in [-0.2, -0.15) is 0 Å². The minimum atomic E-state index is 0.671. The second kappa shape index (κ2) is 4.07. The minimum absolute atomic E-state index is 0.671. The average molecular weight is 258 g/mol. The molecule has 0 spiro atoms. The van der Waals surface area contributed by atoms with Crippen molar-refractivity contribution in [1.29, 1.82) is 0 Å². The van der Waals surface area contributed by atoms with Crippen LogP contribution in [0.4, 0.5) is 0 Å². The third-order valence-electron chi connectivity index (χ3n) is 3.29. The summed E-state index contributed by atoms with van der Waals surface area (Å²) in [6, 6.07) is 19.6. The molecular formula is C17H10N2O. The summed E-state index contributed by atoms with van der Waals surface area (Å²) in [4.78, 5) is 9.19. The molecule has 2 aromatic carbocycles. The molecule has 0 atom stereocenters. The molecule has 0 unspecified atom stereocenters. The Hall–Kier alpha value is -2.86. The van der Waals surface area contributed by atoms with E-state index in [2.05, 4.69) is 22.1 Å². The van der Waals surface area contributed by atoms with Crippen LogP contribution >= 0.6 is 0 Å². The molecule has 0 aliphatic carbocycles. The first-order valence-corrected chi connectivity index (χ1v) is 6.37. The maximum absolute atomic E-state index is 5.76. The number of fused-ring (bicyclic) bond motifs is 3. The maximum Gasteiger partial charge on any atom is 0.187 e. The zero-order valence-corrected chi connectivity index (χ0v) is 10.8. The van der Waals surface area contributed by atoms with Crippen molar-refractivity contribution in [1.82, 2.24) is 9.97 Å². The topological polar surface area (TPSA) is 38.9 Å². The van der Waals surface area contributed by atoms with Crippen LogP contribution in [-0.4, -0.2) is 9.97 Å². The molecule has 0 bridgehead atoms. The van der Waals surface area contributed by atoms with Gasteiger partial charge in [-0.05, 0) is 25.1 Å². The van der Waals surface area contributed by atoms with E-state index in [1.807, 2.05) is 49.4 Å². The van der Waals surface area contributed by atoms with Crippen molar-refractivity contribution in [3.8, 4) is 11.4 Å². The van der Waals surface area contributed by atoms with Crippen molar-refractivity contribution in [3.05, 3.63) is 60.3 Å². The molecule has 0 aliphatic rings. The van der Waals surface area contributed by atoms with Crippen LogP contribution in [0.3, 0.4) is 0 Å². The van der Waals surface area contributed by atoms with Gasteiger partial charge in [-0.25, -0.2) is 9.97 Å². The Morgan fingerprint density at radius 1 is 1.05 bits per heavy atom. The van der Waals surface area contributed by atoms with Crippen molar-refractivity contribution >= 4 is 22.1 Å². The maximum atomic E-state index is 5.76. The summed E-state index contributed by atoms with van der Waals surface area (Å²) < 4.78 is 5.76. The first kappa shape index (κ1) is 11.0. The lowest BCUT2D eigenvalue weighted by molar-refractivity contribution is 0.662. The summed E-state index contributed by atoms with van der Waals surface area (Å²) in [6.07, 6.45) is 0. The van der Waals surface area contributed by atoms with E-state index in [-0.39, 0.29) is 0 Å². The van der Waals surface area contributed by atoms with Crippen LogP contribution in [0.25, 0.3) is 33.5 Å². The molecule has 94 valence electrons. The lowest BCUT2D eigenvalue weighted by Crippen LogP contribution is -1.92. The highest BCUT2D eigenvalue weighted by molar-refractivity contribution is 6.02. The Balaban J connectivity index is 2.08. The van der Waals surface area contributed by atoms with Gasteiger partial charge in [-0.15, -0.1) is 0 Å². The van der Waals surface area contributed by atoms with Crippen molar-refractivity contribution in [2.45, 2.75) is 6.92 Å². The number of aryl methyl sites for hydroxylation is 1. The molecule has 0 N–H and O–H groups in total. The molecule has 0 aliphatic heterocycles. The van der Waals surface area contributed by atoms with Gasteiger partial charge in [0, 0.05) is 5.56 Å². The molecule has 2 heterocycles. The number of nitrogens with zero attached hydrogens (tertiary/aromatic N) is 2. The number of furan rings is 1. The Bertz CT molecular complexity index is 910. The normalized spacial score (nSPS) is 10.8. The quantitative estimate of drug-likeness (QED) is 0.519. The van der Waals surface area contributed by atoms with E-state index >= 15 is 0 Å². The summed E-state index contributed by atoms with van der Waals surface area (Å²) in [7, 11) is 0. The molecule has 4 aromatic rings. The molecule has 20 heavy (non-hydrogen) atoms. The standard InChI is InChI=1S/C17H10N2O/c1-11-16-15(13-9-5-6-10-14(13)20-16)19-17(18-11)12-7-3-2-4-8-12/h2-5,7-9H,1H3. The Labute approximate surface area is 115 Å². The van der Waals surface area contributed by atoms with Crippen molar-refractivity contribution in [3.63, 3.8) is 0 Å². The second-order valence-electron chi connectivity index (χ2n) is 4.62. The molecule has 0 amide bonds. The lowest BCUT2D eigenvalue weighted by Gasteiger charge is -2.01. The third-order valence-corrected chi connectivity index (χ3v) is 3.29. The van der Waals surface area contributed by atoms with E-state index < -0.39 is 0 Å². The fourth-order valence-electron chi connectivity index (χ4n) is 2.33. The summed E-state index contributed by atoms with van der Waals surface area (Å²) in [5.74, 6) is 0.714. The third kappa shape index (κ3) is 1.55. The Morgan fingerprint density at radius 3 is 2.75 bits per heavy atom. The highest BCUT2D eigenvalue weighted by Gasteiger charge is 2.13. The van der Waals surface area contributed by atoms with Crippen LogP contribution in [0.2, 0.25) is 0 Å². The van der Waals surface area contributed by atoms with E-state index in [1.54, 1.807) is 0 Å². The van der Waals surface area contributed by atoms with Crippen molar-refractivity contribution < 1.29 is 4.42 Å². The zero-order chi connectivity index (χ0) is 13.5. The molecule has 2 aromatic heterocycles. The van der Waals surface area contributed by atoms with Crippen molar-refractivity contribution in [2.24, 2.45) is 0 Å². The van der Waals surface area contributed by atoms with Gasteiger partial charge in [-0.3, -0.25) is 0 Å². The Kier molecular flexibility index (Phi) is 2.24. The van der Waals surface area contributed by atoms with Crippen LogP contribution in [0.15, 0.2) is 46.9 Å². The predicted octanol–water partition coefficient (Wildman–Crippen LogP) is 3.95. The van der Waals surface area contributed by atoms with E-state index in [0.717, 1.165) is 27.7 Å². The van der Waals surface area contributed by atoms with E-state index in [4.69, 9.17) is 4.42 Å². The molecule has 3 nitrogen and oxygen atoms in total. The molecule has 3 heteroatoms. The molecule has 4 rings (SSSR count). The van der Waals surface area contributed by atoms with Crippen LogP contribution in [0.1, 0.15) is 5.69 Å². The van der Waals surface area contributed by atoms with Gasteiger partial charge < -0.3 is 4.42 Å². The molecular weight excluding hydrogens is 248 g/mol. The van der Waals surface area contributed by atoms with Crippen LogP contribution < -0.4 is 0 Å². The Morgan fingerprint density at radius 2 is 1.90 bits per heavy atom. The fraction of sp³-hybridized carbons (Fsp3) is 0.0588. The highest BCUT2D eigenvalue weighted by Crippen LogP contribution is 2.29. The van der Waals surface area contributed by atoms with Crippen LogP contribution in [0, 0.1) is 19.1 Å². The van der Waals surface area contributed by atoms with Gasteiger partial charge in [-0.1, -0.05) is 36.4 Å². The van der Waals surface area contributed by atoms with Gasteiger partial charge in [0.1, 0.15) is 5.52 Å². The number of rotatable bonds is 1. The SMILES string of the molecule is Cc1nc(-c2ccccc2)nc2c1oc1c#cccc12. The van der Waals surface area contributed by atoms with E-state index in [0.29, 0.717) is 11.4 Å². The number of hydrogen-bond acceptors (Lipinski definition) is 3.